The molecule has 0 aliphatic carbocycles. The molecule has 2 aromatic carbocycles. The Morgan fingerprint density at radius 3 is 2.53 bits per heavy atom. The van der Waals surface area contributed by atoms with Gasteiger partial charge in [-0.05, 0) is 48.9 Å². The molecule has 10 heteroatoms. The van der Waals surface area contributed by atoms with E-state index in [-0.39, 0.29) is 30.2 Å². The molecule has 4 rings (SSSR count). The summed E-state index contributed by atoms with van der Waals surface area (Å²) in [7, 11) is -3.78. The predicted molar refractivity (Wildman–Crippen MR) is 134 cm³/mol. The van der Waals surface area contributed by atoms with Crippen LogP contribution >= 0.6 is 0 Å². The number of amides is 1. The molecule has 0 unspecified atom stereocenters. The summed E-state index contributed by atoms with van der Waals surface area (Å²) in [5.41, 5.74) is 2.33. The minimum Gasteiger partial charge on any atom is -0.467 e. The van der Waals surface area contributed by atoms with Crippen molar-refractivity contribution < 1.29 is 22.0 Å². The summed E-state index contributed by atoms with van der Waals surface area (Å²) in [5, 5.41) is 2.34. The number of hydrogen-bond donors (Lipinski definition) is 1. The highest BCUT2D eigenvalue weighted by Crippen LogP contribution is 2.26. The van der Waals surface area contributed by atoms with Crippen LogP contribution in [0.2, 0.25) is 0 Å². The molecule has 0 bridgehead atoms. The summed E-state index contributed by atoms with van der Waals surface area (Å²) >= 11 is 0. The van der Waals surface area contributed by atoms with Crippen LogP contribution in [0.25, 0.3) is 0 Å². The van der Waals surface area contributed by atoms with E-state index in [2.05, 4.69) is 15.3 Å². The summed E-state index contributed by atoms with van der Waals surface area (Å²) in [5.74, 6) is -0.637. The number of carbonyl (C=O) groups excluding carboxylic acids is 1. The zero-order valence-electron chi connectivity index (χ0n) is 19.8. The summed E-state index contributed by atoms with van der Waals surface area (Å²) in [6.07, 6.45) is 2.83. The third-order valence-electron chi connectivity index (χ3n) is 5.46. The molecule has 0 aliphatic heterocycles. The molecule has 2 aromatic heterocycles. The Labute approximate surface area is 208 Å². The molecule has 4 aromatic rings. The average Bonchev–Trinajstić information content (AvgIpc) is 3.38. The van der Waals surface area contributed by atoms with Crippen molar-refractivity contribution in [3.63, 3.8) is 0 Å². The molecule has 0 atom stereocenters. The number of furan rings is 1. The van der Waals surface area contributed by atoms with Gasteiger partial charge in [0.25, 0.3) is 5.91 Å². The number of benzene rings is 2. The first-order valence-electron chi connectivity index (χ1n) is 11.2. The summed E-state index contributed by atoms with van der Waals surface area (Å²) < 4.78 is 44.4. The van der Waals surface area contributed by atoms with Gasteiger partial charge < -0.3 is 14.6 Å². The number of nitrogens with zero attached hydrogens (tertiary/aromatic N) is 3. The van der Waals surface area contributed by atoms with Crippen molar-refractivity contribution in [1.82, 2.24) is 9.97 Å². The van der Waals surface area contributed by atoms with Gasteiger partial charge in [-0.25, -0.2) is 22.8 Å². The van der Waals surface area contributed by atoms with Gasteiger partial charge >= 0.3 is 0 Å². The fourth-order valence-corrected chi connectivity index (χ4v) is 4.24. The van der Waals surface area contributed by atoms with E-state index >= 15 is 0 Å². The highest BCUT2D eigenvalue weighted by molar-refractivity contribution is 7.91. The van der Waals surface area contributed by atoms with Crippen LogP contribution in [-0.2, 0) is 22.9 Å². The molecule has 36 heavy (non-hydrogen) atoms. The fourth-order valence-electron chi connectivity index (χ4n) is 3.54. The number of halogens is 1. The maximum Gasteiger partial charge on any atom is 0.276 e. The Morgan fingerprint density at radius 2 is 1.86 bits per heavy atom. The standard InChI is InChI=1S/C26H25FN4O4S/c1-3-36(33,34)26-28-15-23(24(30-26)25(32)29-21-11-9-18(2)10-12-21)31(17-22-8-5-13-35-22)16-19-6-4-7-20(27)14-19/h4-15H,3,16-17H2,1-2H3,(H,29,32). The van der Waals surface area contributed by atoms with Gasteiger partial charge in [0.05, 0.1) is 30.4 Å². The lowest BCUT2D eigenvalue weighted by atomic mass is 10.1. The maximum atomic E-state index is 13.9. The maximum absolute atomic E-state index is 13.9. The summed E-state index contributed by atoms with van der Waals surface area (Å²) in [4.78, 5) is 23.4. The lowest BCUT2D eigenvalue weighted by Crippen LogP contribution is -2.27. The van der Waals surface area contributed by atoms with E-state index in [0.29, 0.717) is 17.0 Å². The minimum absolute atomic E-state index is 0.124. The Bertz CT molecular complexity index is 1460. The van der Waals surface area contributed by atoms with Crippen molar-refractivity contribution in [2.45, 2.75) is 32.1 Å². The molecule has 0 spiro atoms. The third-order valence-corrected chi connectivity index (χ3v) is 6.97. The Morgan fingerprint density at radius 1 is 1.08 bits per heavy atom. The van der Waals surface area contributed by atoms with Gasteiger partial charge in [-0.2, -0.15) is 0 Å². The Hall–Kier alpha value is -4.05. The third kappa shape index (κ3) is 5.95. The van der Waals surface area contributed by atoms with Crippen molar-refractivity contribution in [2.75, 3.05) is 16.0 Å². The van der Waals surface area contributed by atoms with Gasteiger partial charge in [-0.15, -0.1) is 0 Å². The van der Waals surface area contributed by atoms with Crippen LogP contribution in [0.5, 0.6) is 0 Å². The number of aromatic nitrogens is 2. The lowest BCUT2D eigenvalue weighted by molar-refractivity contribution is 0.102. The molecular formula is C26H25FN4O4S. The van der Waals surface area contributed by atoms with Gasteiger partial charge in [-0.1, -0.05) is 36.8 Å². The van der Waals surface area contributed by atoms with E-state index in [0.717, 1.165) is 5.56 Å². The lowest BCUT2D eigenvalue weighted by Gasteiger charge is -2.25. The number of rotatable bonds is 9. The van der Waals surface area contributed by atoms with Gasteiger partial charge in [0.2, 0.25) is 15.0 Å². The second kappa shape index (κ2) is 10.7. The van der Waals surface area contributed by atoms with Crippen LogP contribution in [0.4, 0.5) is 15.8 Å². The summed E-state index contributed by atoms with van der Waals surface area (Å²) in [6, 6.07) is 16.7. The van der Waals surface area contributed by atoms with Crippen LogP contribution in [-0.4, -0.2) is 30.0 Å². The van der Waals surface area contributed by atoms with Crippen LogP contribution < -0.4 is 10.2 Å². The SMILES string of the molecule is CCS(=O)(=O)c1ncc(N(Cc2cccc(F)c2)Cc2ccco2)c(C(=O)Nc2ccc(C)cc2)n1. The van der Waals surface area contributed by atoms with Crippen molar-refractivity contribution in [3.05, 3.63) is 102 Å². The largest absolute Gasteiger partial charge is 0.467 e. The molecule has 0 saturated heterocycles. The van der Waals surface area contributed by atoms with Gasteiger partial charge in [0.15, 0.2) is 5.69 Å². The van der Waals surface area contributed by atoms with Crippen molar-refractivity contribution in [1.29, 1.82) is 0 Å². The molecule has 0 radical (unpaired) electrons. The first kappa shape index (κ1) is 25.1. The van der Waals surface area contributed by atoms with E-state index in [1.807, 2.05) is 19.1 Å². The minimum atomic E-state index is -3.78. The monoisotopic (exact) mass is 508 g/mol. The Balaban J connectivity index is 1.79. The van der Waals surface area contributed by atoms with Crippen LogP contribution in [0.15, 0.2) is 82.7 Å². The van der Waals surface area contributed by atoms with E-state index in [1.54, 1.807) is 41.3 Å². The second-order valence-corrected chi connectivity index (χ2v) is 10.3. The smallest absolute Gasteiger partial charge is 0.276 e. The topological polar surface area (TPSA) is 105 Å². The molecule has 0 saturated carbocycles. The zero-order chi connectivity index (χ0) is 25.7. The van der Waals surface area contributed by atoms with Crippen molar-refractivity contribution >= 4 is 27.1 Å². The Kier molecular flexibility index (Phi) is 7.44. The molecule has 0 aliphatic rings. The van der Waals surface area contributed by atoms with Gasteiger partial charge in [0.1, 0.15) is 11.6 Å². The van der Waals surface area contributed by atoms with E-state index < -0.39 is 26.7 Å². The van der Waals surface area contributed by atoms with Crippen LogP contribution in [0.1, 0.15) is 34.3 Å². The fraction of sp³-hybridized carbons (Fsp3) is 0.192. The molecule has 2 heterocycles. The van der Waals surface area contributed by atoms with Crippen molar-refractivity contribution in [2.24, 2.45) is 0 Å². The van der Waals surface area contributed by atoms with Crippen molar-refractivity contribution in [3.8, 4) is 0 Å². The first-order chi connectivity index (χ1) is 17.2. The van der Waals surface area contributed by atoms with Crippen LogP contribution in [0, 0.1) is 12.7 Å². The second-order valence-electron chi connectivity index (χ2n) is 8.18. The molecular weight excluding hydrogens is 483 g/mol. The van der Waals surface area contributed by atoms with Gasteiger partial charge in [-0.3, -0.25) is 4.79 Å². The molecule has 1 N–H and O–H groups in total. The van der Waals surface area contributed by atoms with E-state index in [4.69, 9.17) is 4.42 Å². The number of nitrogens with one attached hydrogen (secondary N) is 1. The molecule has 0 fully saturated rings. The summed E-state index contributed by atoms with van der Waals surface area (Å²) in [6.45, 7) is 3.80. The quantitative estimate of drug-likeness (QED) is 0.325. The van der Waals surface area contributed by atoms with E-state index in [1.165, 1.54) is 31.5 Å². The number of carbonyl (C=O) groups is 1. The predicted octanol–water partition coefficient (Wildman–Crippen LogP) is 4.77. The van der Waals surface area contributed by atoms with Crippen LogP contribution in [0.3, 0.4) is 0 Å². The van der Waals surface area contributed by atoms with E-state index in [9.17, 15) is 17.6 Å². The molecule has 8 nitrogen and oxygen atoms in total. The van der Waals surface area contributed by atoms with Gasteiger partial charge in [0, 0.05) is 12.2 Å². The number of aryl methyl sites for hydroxylation is 1. The first-order valence-corrected chi connectivity index (χ1v) is 12.9. The molecule has 1 amide bonds. The number of anilines is 2. The normalized spacial score (nSPS) is 11.3. The number of sulfone groups is 1. The molecule has 186 valence electrons. The zero-order valence-corrected chi connectivity index (χ0v) is 20.6. The highest BCUT2D eigenvalue weighted by atomic mass is 32.2. The highest BCUT2D eigenvalue weighted by Gasteiger charge is 2.25. The average molecular weight is 509 g/mol. The number of hydrogen-bond acceptors (Lipinski definition) is 7.